The molecule has 3 N–H and O–H groups in total. The molecule has 0 aromatic heterocycles. The Morgan fingerprint density at radius 1 is 0.372 bits per heavy atom. The molecule has 12 nitrogen and oxygen atoms in total. The molecule has 1 aliphatic rings. The minimum atomic E-state index is -0.517. The fourth-order valence-electron chi connectivity index (χ4n) is 7.80. The van der Waals surface area contributed by atoms with Gasteiger partial charge in [-0.2, -0.15) is 0 Å². The van der Waals surface area contributed by atoms with Crippen LogP contribution < -0.4 is 34.9 Å². The fourth-order valence-corrected chi connectivity index (χ4v) is 12.6. The second-order valence-corrected chi connectivity index (χ2v) is 28.0. The van der Waals surface area contributed by atoms with Gasteiger partial charge in [0.15, 0.2) is 26.4 Å². The highest BCUT2D eigenvalue weighted by atomic mass is 32.2. The molecule has 8 bridgehead atoms. The molecule has 4 aromatic rings. The molecule has 0 saturated carbocycles. The van der Waals surface area contributed by atoms with Gasteiger partial charge in [0, 0.05) is 19.6 Å². The molecule has 0 unspecified atom stereocenters. The van der Waals surface area contributed by atoms with Crippen LogP contribution in [0.2, 0.25) is 0 Å². The number of fused-ring (bicyclic) bond motifs is 8. The first-order valence-electron chi connectivity index (χ1n) is 27.6. The number of nitrogens with one attached hydrogen (secondary N) is 3. The molecular weight excluding hydrogens is 1060 g/mol. The molecule has 78 heavy (non-hydrogen) atoms. The van der Waals surface area contributed by atoms with Crippen molar-refractivity contribution in [3.63, 3.8) is 0 Å². The molecule has 4 aromatic carbocycles. The van der Waals surface area contributed by atoms with Crippen LogP contribution in [-0.4, -0.2) is 76.4 Å². The van der Waals surface area contributed by atoms with E-state index in [-0.39, 0.29) is 72.4 Å². The fraction of sp³-hybridized carbons (Fsp3) is 0.548. The van der Waals surface area contributed by atoms with Gasteiger partial charge in [-0.3, -0.25) is 14.4 Å². The molecule has 0 radical (unpaired) electrons. The van der Waals surface area contributed by atoms with Crippen molar-refractivity contribution in [2.24, 2.45) is 0 Å². The Kier molecular flexibility index (Phi) is 23.6. The van der Waals surface area contributed by atoms with Crippen LogP contribution in [-0.2, 0) is 45.6 Å². The quantitative estimate of drug-likeness (QED) is 0.0446. The summed E-state index contributed by atoms with van der Waals surface area (Å²) in [5, 5.41) is 9.10. The second-order valence-electron chi connectivity index (χ2n) is 23.7. The molecule has 0 spiro atoms. The average Bonchev–Trinajstić information content (AvgIpc) is 3.41. The lowest BCUT2D eigenvalue weighted by Gasteiger charge is -2.28. The van der Waals surface area contributed by atoms with Gasteiger partial charge in [0.05, 0.1) is 45.8 Å². The van der Waals surface area contributed by atoms with E-state index >= 15 is 0 Å². The maximum absolute atomic E-state index is 13.7. The van der Waals surface area contributed by atoms with E-state index in [9.17, 15) is 19.2 Å². The van der Waals surface area contributed by atoms with Crippen LogP contribution in [0.15, 0.2) is 87.7 Å². The Morgan fingerprint density at radius 2 is 0.590 bits per heavy atom. The number of hydrogen-bond acceptors (Lipinski definition) is 13. The monoisotopic (exact) mass is 1150 g/mol. The van der Waals surface area contributed by atoms with Gasteiger partial charge in [-0.25, -0.2) is 4.79 Å². The minimum Gasteiger partial charge on any atom is -0.481 e. The Hall–Kier alpha value is -4.64. The number of ether oxygens (including phenoxy) is 5. The van der Waals surface area contributed by atoms with E-state index in [1.165, 1.54) is 47.0 Å². The van der Waals surface area contributed by atoms with E-state index in [1.807, 2.05) is 0 Å². The third-order valence-corrected chi connectivity index (χ3v) is 16.9. The molecule has 16 heteroatoms. The summed E-state index contributed by atoms with van der Waals surface area (Å²) in [4.78, 5) is 60.0. The third-order valence-electron chi connectivity index (χ3n) is 12.7. The lowest BCUT2D eigenvalue weighted by atomic mass is 9.87. The summed E-state index contributed by atoms with van der Waals surface area (Å²) >= 11 is 5.80. The molecule has 428 valence electrons. The third kappa shape index (κ3) is 18.7. The summed E-state index contributed by atoms with van der Waals surface area (Å²) in [7, 11) is 0. The zero-order chi connectivity index (χ0) is 57.6. The Morgan fingerprint density at radius 3 is 0.782 bits per heavy atom. The maximum atomic E-state index is 13.7. The largest absolute Gasteiger partial charge is 0.481 e. The van der Waals surface area contributed by atoms with Crippen molar-refractivity contribution >= 4 is 70.7 Å². The van der Waals surface area contributed by atoms with Crippen molar-refractivity contribution in [1.82, 2.24) is 16.0 Å². The standard InChI is InChI=1S/C62H87N3O9S4/c1-17-21-24-63-51(66)35-71-55-43-27-39(59(5,6)7)28-44(55)76-46-30-41(61(11,12)13)32-48(57(46)73-37-53(68)65-26-23-19-3)78-50-34-42(62(14,15)16)33-49(58(50)74-38-54(69)70-20-4)77-47-31-40(60(8,9)10)29-45(75-43)56(47)72-36-52(67)64-25-22-18-2/h27-34H,17-26,35-38H2,1-16H3,(H,63,66)(H,64,67)(H,65,68). The van der Waals surface area contributed by atoms with E-state index in [4.69, 9.17) is 23.7 Å². The molecule has 1 aliphatic heterocycles. The van der Waals surface area contributed by atoms with Gasteiger partial charge in [-0.1, -0.05) is 170 Å². The van der Waals surface area contributed by atoms with E-state index in [1.54, 1.807) is 6.92 Å². The summed E-state index contributed by atoms with van der Waals surface area (Å²) in [6.07, 6.45) is 5.29. The van der Waals surface area contributed by atoms with Crippen LogP contribution in [0.4, 0.5) is 0 Å². The molecule has 0 saturated heterocycles. The van der Waals surface area contributed by atoms with Gasteiger partial charge in [-0.15, -0.1) is 0 Å². The van der Waals surface area contributed by atoms with E-state index in [0.29, 0.717) is 52.4 Å². The maximum Gasteiger partial charge on any atom is 0.344 e. The molecule has 0 fully saturated rings. The van der Waals surface area contributed by atoms with E-state index < -0.39 is 5.97 Å². The first kappa shape index (κ1) is 64.2. The number of rotatable bonds is 22. The normalized spacial score (nSPS) is 12.8. The molecule has 1 heterocycles. The SMILES string of the molecule is CCCCNC(=O)COc1c2cc(C(C)(C)C)cc1Sc1cc(C(C)(C)C)cc(c1OCC(=O)NCCCC)Sc1cc(C(C)(C)C)cc(c1OCC(=O)OCC)Sc1cc(C(C)(C)C)cc(c1OCC(=O)NCCCC)S2. The van der Waals surface area contributed by atoms with Gasteiger partial charge < -0.3 is 39.6 Å². The Labute approximate surface area is 483 Å². The first-order chi connectivity index (χ1) is 36.7. The van der Waals surface area contributed by atoms with Gasteiger partial charge in [0.25, 0.3) is 17.7 Å². The molecule has 0 aliphatic carbocycles. The second kappa shape index (κ2) is 28.7. The van der Waals surface area contributed by atoms with Crippen molar-refractivity contribution in [3.8, 4) is 23.0 Å². The first-order valence-corrected chi connectivity index (χ1v) is 30.9. The lowest BCUT2D eigenvalue weighted by Crippen LogP contribution is -2.30. The number of esters is 1. The molecule has 3 amide bonds. The number of benzene rings is 4. The molecular formula is C62H87N3O9S4. The zero-order valence-corrected chi connectivity index (χ0v) is 52.6. The summed E-state index contributed by atoms with van der Waals surface area (Å²) in [6.45, 7) is 34.6. The molecule has 5 rings (SSSR count). The van der Waals surface area contributed by atoms with Crippen LogP contribution in [0.1, 0.15) is 172 Å². The summed E-state index contributed by atoms with van der Waals surface area (Å²) in [5.41, 5.74) is 2.59. The predicted molar refractivity (Wildman–Crippen MR) is 319 cm³/mol. The predicted octanol–water partition coefficient (Wildman–Crippen LogP) is 14.6. The number of carbonyl (C=O) groups is 4. The average molecular weight is 1150 g/mol. The van der Waals surface area contributed by atoms with Gasteiger partial charge in [-0.05, 0) is 119 Å². The smallest absolute Gasteiger partial charge is 0.344 e. The molecule has 0 atom stereocenters. The minimum absolute atomic E-state index is 0.187. The van der Waals surface area contributed by atoms with Crippen molar-refractivity contribution < 1.29 is 42.9 Å². The number of unbranched alkanes of at least 4 members (excludes halogenated alkanes) is 3. The van der Waals surface area contributed by atoms with Crippen LogP contribution in [0.3, 0.4) is 0 Å². The topological polar surface area (TPSA) is 151 Å². The van der Waals surface area contributed by atoms with Crippen molar-refractivity contribution in [2.45, 2.75) is 210 Å². The number of amides is 3. The zero-order valence-electron chi connectivity index (χ0n) is 49.3. The highest BCUT2D eigenvalue weighted by Crippen LogP contribution is 2.56. The highest BCUT2D eigenvalue weighted by molar-refractivity contribution is 8.01. The number of carbonyl (C=O) groups excluding carboxylic acids is 4. The summed E-state index contributed by atoms with van der Waals surface area (Å²) in [6, 6.07) is 17.0. The summed E-state index contributed by atoms with van der Waals surface area (Å²) < 4.78 is 32.6. The van der Waals surface area contributed by atoms with Gasteiger partial charge in [0.1, 0.15) is 23.0 Å². The van der Waals surface area contributed by atoms with E-state index in [0.717, 1.165) is 90.2 Å². The van der Waals surface area contributed by atoms with Crippen molar-refractivity contribution in [3.05, 3.63) is 70.8 Å². The lowest BCUT2D eigenvalue weighted by molar-refractivity contribution is -0.145. The van der Waals surface area contributed by atoms with Gasteiger partial charge >= 0.3 is 5.97 Å². The van der Waals surface area contributed by atoms with Crippen LogP contribution in [0.5, 0.6) is 23.0 Å². The van der Waals surface area contributed by atoms with Gasteiger partial charge in [0.2, 0.25) is 0 Å². The highest BCUT2D eigenvalue weighted by Gasteiger charge is 2.31. The van der Waals surface area contributed by atoms with E-state index in [2.05, 4.69) is 168 Å². The Balaban J connectivity index is 2.00. The Bertz CT molecular complexity index is 2590. The van der Waals surface area contributed by atoms with Crippen LogP contribution in [0, 0.1) is 0 Å². The van der Waals surface area contributed by atoms with Crippen molar-refractivity contribution in [2.75, 3.05) is 52.7 Å². The summed E-state index contributed by atoms with van der Waals surface area (Å²) in [5.74, 6) is 0.643. The van der Waals surface area contributed by atoms with Crippen molar-refractivity contribution in [1.29, 1.82) is 0 Å². The van der Waals surface area contributed by atoms with Crippen LogP contribution in [0.25, 0.3) is 0 Å². The number of hydrogen-bond donors (Lipinski definition) is 3. The van der Waals surface area contributed by atoms with Crippen LogP contribution >= 0.6 is 47.0 Å².